The van der Waals surface area contributed by atoms with E-state index in [-0.39, 0.29) is 0 Å². The molecule has 0 spiro atoms. The van der Waals surface area contributed by atoms with E-state index in [0.29, 0.717) is 0 Å². The van der Waals surface area contributed by atoms with Crippen molar-refractivity contribution in [2.45, 2.75) is 46.5 Å². The lowest BCUT2D eigenvalue weighted by molar-refractivity contribution is -0.147. The summed E-state index contributed by atoms with van der Waals surface area (Å²) < 4.78 is 0. The lowest BCUT2D eigenvalue weighted by Gasteiger charge is -2.22. The monoisotopic (exact) mass is 277 g/mol. The third-order valence-electron chi connectivity index (χ3n) is 3.91. The molecule has 0 radical (unpaired) electrons. The molecule has 1 rings (SSSR count). The smallest absolute Gasteiger partial charge is 0.309 e. The average Bonchev–Trinajstić information content (AvgIpc) is 2.43. The van der Waals surface area contributed by atoms with Crippen molar-refractivity contribution in [3.8, 4) is 0 Å². The molecular formula is C17H27NO2. The number of carboxylic acid groups (broad SMARTS) is 1. The molecule has 3 nitrogen and oxygen atoms in total. The van der Waals surface area contributed by atoms with Crippen molar-refractivity contribution in [3.05, 3.63) is 29.8 Å². The standard InChI is InChI=1S/C17H27NO2/c1-5-14-8-10-15(11-9-14)18(4)13-7-6-12-17(2,3)16(19)20/h8-11H,5-7,12-13H2,1-4H3,(H,19,20). The van der Waals surface area contributed by atoms with Crippen molar-refractivity contribution in [1.82, 2.24) is 0 Å². The van der Waals surface area contributed by atoms with Gasteiger partial charge in [-0.3, -0.25) is 4.79 Å². The number of hydrogen-bond donors (Lipinski definition) is 1. The predicted octanol–water partition coefficient (Wildman–Crippen LogP) is 3.97. The van der Waals surface area contributed by atoms with Crippen LogP contribution in [0, 0.1) is 5.41 Å². The van der Waals surface area contributed by atoms with Gasteiger partial charge in [0, 0.05) is 19.3 Å². The van der Waals surface area contributed by atoms with Crippen LogP contribution >= 0.6 is 0 Å². The number of carbonyl (C=O) groups is 1. The van der Waals surface area contributed by atoms with Gasteiger partial charge >= 0.3 is 5.97 Å². The number of nitrogens with zero attached hydrogens (tertiary/aromatic N) is 1. The molecule has 1 aromatic carbocycles. The lowest BCUT2D eigenvalue weighted by Crippen LogP contribution is -2.24. The number of carboxylic acids is 1. The van der Waals surface area contributed by atoms with E-state index in [1.807, 2.05) is 0 Å². The average molecular weight is 277 g/mol. The second kappa shape index (κ2) is 7.32. The number of hydrogen-bond acceptors (Lipinski definition) is 2. The Balaban J connectivity index is 2.36. The summed E-state index contributed by atoms with van der Waals surface area (Å²) in [5, 5.41) is 9.07. The number of rotatable bonds is 8. The molecule has 1 N–H and O–H groups in total. The van der Waals surface area contributed by atoms with Gasteiger partial charge in [-0.2, -0.15) is 0 Å². The molecule has 1 aromatic rings. The zero-order valence-electron chi connectivity index (χ0n) is 13.1. The van der Waals surface area contributed by atoms with Crippen LogP contribution in [0.15, 0.2) is 24.3 Å². The van der Waals surface area contributed by atoms with E-state index in [9.17, 15) is 4.79 Å². The first-order valence-electron chi connectivity index (χ1n) is 7.40. The summed E-state index contributed by atoms with van der Waals surface area (Å²) in [6, 6.07) is 8.64. The van der Waals surface area contributed by atoms with E-state index in [2.05, 4.69) is 43.1 Å². The van der Waals surface area contributed by atoms with Crippen LogP contribution in [0.4, 0.5) is 5.69 Å². The van der Waals surface area contributed by atoms with E-state index in [1.165, 1.54) is 11.3 Å². The highest BCUT2D eigenvalue weighted by Gasteiger charge is 2.25. The Kier molecular flexibility index (Phi) is 6.05. The molecule has 0 unspecified atom stereocenters. The summed E-state index contributed by atoms with van der Waals surface area (Å²) in [7, 11) is 2.09. The second-order valence-corrected chi connectivity index (χ2v) is 6.09. The van der Waals surface area contributed by atoms with Gasteiger partial charge in [0.25, 0.3) is 0 Å². The van der Waals surface area contributed by atoms with Crippen molar-refractivity contribution in [2.24, 2.45) is 5.41 Å². The first-order valence-corrected chi connectivity index (χ1v) is 7.40. The molecular weight excluding hydrogens is 250 g/mol. The number of unbranched alkanes of at least 4 members (excludes halogenated alkanes) is 1. The minimum absolute atomic E-state index is 0.610. The Bertz CT molecular complexity index is 423. The maximum absolute atomic E-state index is 11.0. The molecule has 3 heteroatoms. The van der Waals surface area contributed by atoms with Crippen molar-refractivity contribution in [1.29, 1.82) is 0 Å². The zero-order chi connectivity index (χ0) is 15.2. The zero-order valence-corrected chi connectivity index (χ0v) is 13.1. The molecule has 20 heavy (non-hydrogen) atoms. The highest BCUT2D eigenvalue weighted by molar-refractivity contribution is 5.73. The van der Waals surface area contributed by atoms with Gasteiger partial charge in [-0.25, -0.2) is 0 Å². The van der Waals surface area contributed by atoms with Crippen LogP contribution in [0.1, 0.15) is 45.6 Å². The minimum Gasteiger partial charge on any atom is -0.481 e. The van der Waals surface area contributed by atoms with E-state index in [4.69, 9.17) is 5.11 Å². The third kappa shape index (κ3) is 4.87. The normalized spacial score (nSPS) is 11.4. The first-order chi connectivity index (χ1) is 9.36. The molecule has 0 saturated heterocycles. The molecule has 0 aliphatic heterocycles. The summed E-state index contributed by atoms with van der Waals surface area (Å²) in [5.74, 6) is -0.707. The van der Waals surface area contributed by atoms with Crippen molar-refractivity contribution >= 4 is 11.7 Å². The summed E-state index contributed by atoms with van der Waals surface area (Å²) >= 11 is 0. The van der Waals surface area contributed by atoms with Crippen LogP contribution in [0.2, 0.25) is 0 Å². The van der Waals surface area contributed by atoms with Gasteiger partial charge in [0.15, 0.2) is 0 Å². The highest BCUT2D eigenvalue weighted by atomic mass is 16.4. The summed E-state index contributed by atoms with van der Waals surface area (Å²) in [5.41, 5.74) is 1.96. The van der Waals surface area contributed by atoms with Gasteiger partial charge in [-0.15, -0.1) is 0 Å². The third-order valence-corrected chi connectivity index (χ3v) is 3.91. The Labute approximate surface area is 122 Å². The lowest BCUT2D eigenvalue weighted by atomic mass is 9.87. The van der Waals surface area contributed by atoms with Crippen LogP contribution in [-0.4, -0.2) is 24.7 Å². The number of benzene rings is 1. The van der Waals surface area contributed by atoms with Gasteiger partial charge in [0.2, 0.25) is 0 Å². The molecule has 0 bridgehead atoms. The number of aryl methyl sites for hydroxylation is 1. The predicted molar refractivity (Wildman–Crippen MR) is 84.4 cm³/mol. The molecule has 0 saturated carbocycles. The Morgan fingerprint density at radius 3 is 2.30 bits per heavy atom. The quantitative estimate of drug-likeness (QED) is 0.731. The van der Waals surface area contributed by atoms with Gasteiger partial charge in [-0.05, 0) is 50.8 Å². The van der Waals surface area contributed by atoms with Gasteiger partial charge < -0.3 is 10.0 Å². The number of aliphatic carboxylic acids is 1. The van der Waals surface area contributed by atoms with Crippen molar-refractivity contribution in [3.63, 3.8) is 0 Å². The molecule has 112 valence electrons. The molecule has 0 heterocycles. The molecule has 0 aliphatic rings. The topological polar surface area (TPSA) is 40.5 Å². The van der Waals surface area contributed by atoms with Gasteiger partial charge in [-0.1, -0.05) is 25.5 Å². The molecule has 0 fully saturated rings. The molecule has 0 amide bonds. The Morgan fingerprint density at radius 1 is 1.20 bits per heavy atom. The SMILES string of the molecule is CCc1ccc(N(C)CCCCC(C)(C)C(=O)O)cc1. The highest BCUT2D eigenvalue weighted by Crippen LogP contribution is 2.23. The minimum atomic E-state index is -0.707. The maximum atomic E-state index is 11.0. The fourth-order valence-electron chi connectivity index (χ4n) is 2.14. The van der Waals surface area contributed by atoms with E-state index in [0.717, 1.165) is 32.2 Å². The fourth-order valence-corrected chi connectivity index (χ4v) is 2.14. The van der Waals surface area contributed by atoms with E-state index >= 15 is 0 Å². The molecule has 0 aromatic heterocycles. The molecule has 0 aliphatic carbocycles. The molecule has 0 atom stereocenters. The fraction of sp³-hybridized carbons (Fsp3) is 0.588. The maximum Gasteiger partial charge on any atom is 0.309 e. The van der Waals surface area contributed by atoms with Crippen molar-refractivity contribution < 1.29 is 9.90 Å². The van der Waals surface area contributed by atoms with Gasteiger partial charge in [0.1, 0.15) is 0 Å². The van der Waals surface area contributed by atoms with Gasteiger partial charge in [0.05, 0.1) is 5.41 Å². The first kappa shape index (κ1) is 16.5. The van der Waals surface area contributed by atoms with Crippen molar-refractivity contribution in [2.75, 3.05) is 18.5 Å². The Morgan fingerprint density at radius 2 is 1.80 bits per heavy atom. The van der Waals surface area contributed by atoms with Crippen LogP contribution in [0.25, 0.3) is 0 Å². The number of anilines is 1. The largest absolute Gasteiger partial charge is 0.481 e. The van der Waals surface area contributed by atoms with Crippen LogP contribution in [-0.2, 0) is 11.2 Å². The van der Waals surface area contributed by atoms with Crippen LogP contribution in [0.5, 0.6) is 0 Å². The second-order valence-electron chi connectivity index (χ2n) is 6.09. The van der Waals surface area contributed by atoms with Crippen LogP contribution in [0.3, 0.4) is 0 Å². The summed E-state index contributed by atoms with van der Waals surface area (Å²) in [4.78, 5) is 13.2. The Hall–Kier alpha value is -1.51. The van der Waals surface area contributed by atoms with Crippen LogP contribution < -0.4 is 4.90 Å². The van der Waals surface area contributed by atoms with E-state index in [1.54, 1.807) is 13.8 Å². The summed E-state index contributed by atoms with van der Waals surface area (Å²) in [6.07, 6.45) is 3.75. The van der Waals surface area contributed by atoms with E-state index < -0.39 is 11.4 Å². The summed E-state index contributed by atoms with van der Waals surface area (Å²) in [6.45, 7) is 6.70.